The Hall–Kier alpha value is -2.16. The highest BCUT2D eigenvalue weighted by Crippen LogP contribution is 2.14. The van der Waals surface area contributed by atoms with E-state index in [1.807, 2.05) is 24.3 Å². The molecule has 0 spiro atoms. The van der Waals surface area contributed by atoms with E-state index in [0.717, 1.165) is 11.3 Å². The van der Waals surface area contributed by atoms with Gasteiger partial charge in [-0.25, -0.2) is 0 Å². The molecule has 2 aromatic rings. The molecule has 1 aromatic carbocycles. The Morgan fingerprint density at radius 3 is 2.71 bits per heavy atom. The third kappa shape index (κ3) is 2.91. The normalized spacial score (nSPS) is 9.94. The molecule has 0 aliphatic rings. The molecule has 0 saturated heterocycles. The molecule has 0 radical (unpaired) electrons. The molecule has 0 bridgehead atoms. The monoisotopic (exact) mass is 227 g/mol. The Morgan fingerprint density at radius 1 is 1.24 bits per heavy atom. The van der Waals surface area contributed by atoms with Crippen molar-refractivity contribution in [2.75, 3.05) is 7.11 Å². The lowest BCUT2D eigenvalue weighted by molar-refractivity contribution is 0.0993. The molecule has 2 rings (SSSR count). The maximum absolute atomic E-state index is 11.9. The number of carbonyl (C=O) groups is 1. The number of rotatable bonds is 4. The van der Waals surface area contributed by atoms with E-state index in [2.05, 4.69) is 4.98 Å². The van der Waals surface area contributed by atoms with Crippen molar-refractivity contribution in [2.24, 2.45) is 0 Å². The van der Waals surface area contributed by atoms with Gasteiger partial charge in [0.05, 0.1) is 7.11 Å². The van der Waals surface area contributed by atoms with Gasteiger partial charge in [-0.15, -0.1) is 0 Å². The summed E-state index contributed by atoms with van der Waals surface area (Å²) < 4.78 is 5.12. The number of hydrogen-bond acceptors (Lipinski definition) is 3. The van der Waals surface area contributed by atoms with E-state index in [-0.39, 0.29) is 5.78 Å². The van der Waals surface area contributed by atoms with Crippen LogP contribution in [0.2, 0.25) is 0 Å². The van der Waals surface area contributed by atoms with Gasteiger partial charge in [-0.3, -0.25) is 9.78 Å². The Kier molecular flexibility index (Phi) is 3.50. The minimum atomic E-state index is 0.0839. The molecule has 1 heterocycles. The average Bonchev–Trinajstić information content (AvgIpc) is 2.40. The van der Waals surface area contributed by atoms with Crippen LogP contribution in [0.1, 0.15) is 15.9 Å². The van der Waals surface area contributed by atoms with Gasteiger partial charge in [0.1, 0.15) is 5.75 Å². The average molecular weight is 227 g/mol. The highest BCUT2D eigenvalue weighted by molar-refractivity contribution is 5.97. The zero-order valence-corrected chi connectivity index (χ0v) is 9.59. The number of ketones is 1. The summed E-state index contributed by atoms with van der Waals surface area (Å²) in [4.78, 5) is 15.8. The molecule has 0 aliphatic carbocycles. The first-order valence-electron chi connectivity index (χ1n) is 5.36. The number of ether oxygens (including phenoxy) is 1. The third-order valence-corrected chi connectivity index (χ3v) is 2.50. The maximum atomic E-state index is 11.9. The number of methoxy groups -OCH3 is 1. The Balaban J connectivity index is 2.13. The van der Waals surface area contributed by atoms with Crippen molar-refractivity contribution >= 4 is 5.78 Å². The van der Waals surface area contributed by atoms with E-state index < -0.39 is 0 Å². The number of aromatic nitrogens is 1. The molecular weight excluding hydrogens is 214 g/mol. The molecule has 1 aromatic heterocycles. The van der Waals surface area contributed by atoms with Crippen LogP contribution in [-0.2, 0) is 6.42 Å². The van der Waals surface area contributed by atoms with E-state index in [9.17, 15) is 4.79 Å². The highest BCUT2D eigenvalue weighted by Gasteiger charge is 2.06. The summed E-state index contributed by atoms with van der Waals surface area (Å²) in [5, 5.41) is 0. The zero-order chi connectivity index (χ0) is 12.1. The van der Waals surface area contributed by atoms with Crippen LogP contribution in [0.4, 0.5) is 0 Å². The van der Waals surface area contributed by atoms with Gasteiger partial charge < -0.3 is 4.74 Å². The van der Waals surface area contributed by atoms with Gasteiger partial charge in [-0.1, -0.05) is 12.1 Å². The molecule has 0 saturated carbocycles. The van der Waals surface area contributed by atoms with Crippen LogP contribution in [0.15, 0.2) is 48.8 Å². The van der Waals surface area contributed by atoms with Crippen LogP contribution >= 0.6 is 0 Å². The lowest BCUT2D eigenvalue weighted by Gasteiger charge is -2.04. The van der Waals surface area contributed by atoms with E-state index in [4.69, 9.17) is 4.74 Å². The van der Waals surface area contributed by atoms with Crippen molar-refractivity contribution in [1.82, 2.24) is 4.98 Å². The van der Waals surface area contributed by atoms with E-state index in [1.165, 1.54) is 0 Å². The van der Waals surface area contributed by atoms with E-state index in [0.29, 0.717) is 12.0 Å². The lowest BCUT2D eigenvalue weighted by atomic mass is 10.0. The fraction of sp³-hybridized carbons (Fsp3) is 0.143. The summed E-state index contributed by atoms with van der Waals surface area (Å²) in [5.74, 6) is 0.852. The highest BCUT2D eigenvalue weighted by atomic mass is 16.5. The van der Waals surface area contributed by atoms with Gasteiger partial charge in [0.25, 0.3) is 0 Å². The minimum absolute atomic E-state index is 0.0839. The Morgan fingerprint density at radius 2 is 2.00 bits per heavy atom. The van der Waals surface area contributed by atoms with Crippen molar-refractivity contribution in [2.45, 2.75) is 6.42 Å². The quantitative estimate of drug-likeness (QED) is 0.753. The van der Waals surface area contributed by atoms with Crippen molar-refractivity contribution in [3.63, 3.8) is 0 Å². The summed E-state index contributed by atoms with van der Waals surface area (Å²) in [6, 6.07) is 11.0. The molecule has 0 fully saturated rings. The maximum Gasteiger partial charge on any atom is 0.167 e. The first-order chi connectivity index (χ1) is 8.29. The summed E-state index contributed by atoms with van der Waals surface area (Å²) >= 11 is 0. The van der Waals surface area contributed by atoms with Crippen molar-refractivity contribution in [3.8, 4) is 5.75 Å². The number of nitrogens with zero attached hydrogens (tertiary/aromatic N) is 1. The predicted molar refractivity (Wildman–Crippen MR) is 65.3 cm³/mol. The van der Waals surface area contributed by atoms with Crippen LogP contribution in [0.25, 0.3) is 0 Å². The summed E-state index contributed by atoms with van der Waals surface area (Å²) in [6.45, 7) is 0. The van der Waals surface area contributed by atoms with Gasteiger partial charge in [0.2, 0.25) is 0 Å². The lowest BCUT2D eigenvalue weighted by Crippen LogP contribution is -2.03. The number of carbonyl (C=O) groups excluding carboxylic acids is 1. The van der Waals surface area contributed by atoms with Gasteiger partial charge in [-0.05, 0) is 29.8 Å². The minimum Gasteiger partial charge on any atom is -0.497 e. The smallest absolute Gasteiger partial charge is 0.167 e. The Labute approximate surface area is 100 Å². The number of pyridine rings is 1. The van der Waals surface area contributed by atoms with Gasteiger partial charge in [0.15, 0.2) is 5.78 Å². The topological polar surface area (TPSA) is 39.2 Å². The predicted octanol–water partition coefficient (Wildman–Crippen LogP) is 2.52. The molecule has 0 N–H and O–H groups in total. The molecule has 0 amide bonds. The van der Waals surface area contributed by atoms with Gasteiger partial charge >= 0.3 is 0 Å². The molecule has 0 aliphatic heterocycles. The van der Waals surface area contributed by atoms with Crippen molar-refractivity contribution < 1.29 is 9.53 Å². The summed E-state index contributed by atoms with van der Waals surface area (Å²) in [6.07, 6.45) is 3.62. The molecule has 3 nitrogen and oxygen atoms in total. The van der Waals surface area contributed by atoms with Crippen LogP contribution < -0.4 is 4.74 Å². The van der Waals surface area contributed by atoms with Crippen molar-refractivity contribution in [1.29, 1.82) is 0 Å². The zero-order valence-electron chi connectivity index (χ0n) is 9.59. The third-order valence-electron chi connectivity index (χ3n) is 2.50. The number of Topliss-reactive ketones (excluding diaryl/α,β-unsaturated/α-hetero) is 1. The summed E-state index contributed by atoms with van der Waals surface area (Å²) in [7, 11) is 1.61. The second-order valence-electron chi connectivity index (χ2n) is 3.69. The number of benzene rings is 1. The van der Waals surface area contributed by atoms with E-state index in [1.54, 1.807) is 31.6 Å². The molecule has 17 heavy (non-hydrogen) atoms. The van der Waals surface area contributed by atoms with Crippen LogP contribution in [0.3, 0.4) is 0 Å². The number of hydrogen-bond donors (Lipinski definition) is 0. The van der Waals surface area contributed by atoms with Crippen LogP contribution in [-0.4, -0.2) is 17.9 Å². The molecular formula is C14H13NO2. The first-order valence-corrected chi connectivity index (χ1v) is 5.36. The first kappa shape index (κ1) is 11.3. The van der Waals surface area contributed by atoms with Crippen LogP contribution in [0, 0.1) is 0 Å². The van der Waals surface area contributed by atoms with Crippen LogP contribution in [0.5, 0.6) is 5.75 Å². The van der Waals surface area contributed by atoms with E-state index >= 15 is 0 Å². The molecule has 3 heteroatoms. The van der Waals surface area contributed by atoms with Gasteiger partial charge in [0, 0.05) is 24.4 Å². The standard InChI is InChI=1S/C14H13NO2/c1-17-13-4-2-3-11(9-13)10-14(16)12-5-7-15-8-6-12/h2-9H,10H2,1H3. The van der Waals surface area contributed by atoms with Gasteiger partial charge in [-0.2, -0.15) is 0 Å². The fourth-order valence-electron chi connectivity index (χ4n) is 1.61. The van der Waals surface area contributed by atoms with Crippen molar-refractivity contribution in [3.05, 3.63) is 59.9 Å². The SMILES string of the molecule is COc1cccc(CC(=O)c2ccncc2)c1. The second kappa shape index (κ2) is 5.25. The molecule has 86 valence electrons. The fourth-order valence-corrected chi connectivity index (χ4v) is 1.61. The Bertz CT molecular complexity index is 509. The largest absolute Gasteiger partial charge is 0.497 e. The molecule has 0 unspecified atom stereocenters. The second-order valence-corrected chi connectivity index (χ2v) is 3.69. The summed E-state index contributed by atoms with van der Waals surface area (Å²) in [5.41, 5.74) is 1.63. The molecule has 0 atom stereocenters.